The van der Waals surface area contributed by atoms with Crippen molar-refractivity contribution in [3.8, 4) is 0 Å². The lowest BCUT2D eigenvalue weighted by atomic mass is 10.2. The van der Waals surface area contributed by atoms with Gasteiger partial charge in [-0.1, -0.05) is 60.7 Å². The van der Waals surface area contributed by atoms with E-state index in [-0.39, 0.29) is 37.2 Å². The fourth-order valence-electron chi connectivity index (χ4n) is 4.36. The topological polar surface area (TPSA) is 81.1 Å². The highest BCUT2D eigenvalue weighted by atomic mass is 16.5. The summed E-state index contributed by atoms with van der Waals surface area (Å²) in [6.45, 7) is 2.40. The molecule has 8 heteroatoms. The van der Waals surface area contributed by atoms with Gasteiger partial charge in [0, 0.05) is 58.1 Å². The smallest absolute Gasteiger partial charge is 0.305 e. The van der Waals surface area contributed by atoms with E-state index in [1.165, 1.54) is 12.7 Å². The number of methoxy groups -OCH3 is 2. The van der Waals surface area contributed by atoms with Gasteiger partial charge in [-0.25, -0.2) is 0 Å². The second kappa shape index (κ2) is 16.1. The highest BCUT2D eigenvalue weighted by Gasteiger charge is 2.22. The zero-order valence-electron chi connectivity index (χ0n) is 23.0. The molecule has 3 rings (SSSR count). The van der Waals surface area contributed by atoms with Gasteiger partial charge in [0.05, 0.1) is 20.2 Å². The lowest BCUT2D eigenvalue weighted by molar-refractivity contribution is -0.143. The van der Waals surface area contributed by atoms with Crippen LogP contribution >= 0.6 is 0 Å². The van der Waals surface area contributed by atoms with Crippen LogP contribution in [-0.2, 0) is 43.5 Å². The third-order valence-electron chi connectivity index (χ3n) is 6.50. The van der Waals surface area contributed by atoms with Crippen molar-refractivity contribution >= 4 is 17.8 Å². The number of hydrogen-bond acceptors (Lipinski definition) is 5. The first kappa shape index (κ1) is 29.6. The molecule has 0 atom stereocenters. The molecular formula is C31H39N3O5. The van der Waals surface area contributed by atoms with E-state index in [9.17, 15) is 14.4 Å². The number of amides is 2. The van der Waals surface area contributed by atoms with Crippen molar-refractivity contribution < 1.29 is 23.9 Å². The van der Waals surface area contributed by atoms with Gasteiger partial charge in [0.15, 0.2) is 0 Å². The molecule has 0 aliphatic carbocycles. The van der Waals surface area contributed by atoms with Gasteiger partial charge in [0.1, 0.15) is 0 Å². The van der Waals surface area contributed by atoms with E-state index in [4.69, 9.17) is 4.74 Å². The van der Waals surface area contributed by atoms with E-state index in [0.717, 1.165) is 11.3 Å². The molecule has 0 saturated heterocycles. The molecule has 39 heavy (non-hydrogen) atoms. The number of benzene rings is 2. The average Bonchev–Trinajstić information content (AvgIpc) is 3.39. The zero-order chi connectivity index (χ0) is 27.9. The SMILES string of the molecule is COCCCN(CC(=O)N(Cc1ccccc1)Cc1cccn1Cc1ccccc1)C(=O)CCCC(=O)OC. The Morgan fingerprint density at radius 2 is 1.44 bits per heavy atom. The molecule has 0 N–H and O–H groups in total. The van der Waals surface area contributed by atoms with Crippen molar-refractivity contribution in [3.63, 3.8) is 0 Å². The summed E-state index contributed by atoms with van der Waals surface area (Å²) in [5, 5.41) is 0. The van der Waals surface area contributed by atoms with Crippen LogP contribution in [0.3, 0.4) is 0 Å². The van der Waals surface area contributed by atoms with Crippen molar-refractivity contribution in [2.24, 2.45) is 0 Å². The van der Waals surface area contributed by atoms with Crippen LogP contribution in [-0.4, -0.2) is 66.1 Å². The first-order valence-corrected chi connectivity index (χ1v) is 13.3. The number of rotatable bonds is 16. The number of aromatic nitrogens is 1. The molecule has 2 aromatic carbocycles. The monoisotopic (exact) mass is 533 g/mol. The molecule has 0 aliphatic heterocycles. The molecule has 0 spiro atoms. The summed E-state index contributed by atoms with van der Waals surface area (Å²) in [5.74, 6) is -0.641. The fourth-order valence-corrected chi connectivity index (χ4v) is 4.36. The molecule has 0 aliphatic rings. The summed E-state index contributed by atoms with van der Waals surface area (Å²) in [4.78, 5) is 41.7. The number of carbonyl (C=O) groups is 3. The Morgan fingerprint density at radius 3 is 2.10 bits per heavy atom. The van der Waals surface area contributed by atoms with Crippen LogP contribution in [0, 0.1) is 0 Å². The third kappa shape index (κ3) is 10.1. The Balaban J connectivity index is 1.75. The quantitative estimate of drug-likeness (QED) is 0.203. The Morgan fingerprint density at radius 1 is 0.744 bits per heavy atom. The van der Waals surface area contributed by atoms with Crippen LogP contribution in [0.4, 0.5) is 0 Å². The molecular weight excluding hydrogens is 494 g/mol. The molecule has 0 fully saturated rings. The summed E-state index contributed by atoms with van der Waals surface area (Å²) < 4.78 is 12.0. The van der Waals surface area contributed by atoms with Gasteiger partial charge >= 0.3 is 5.97 Å². The van der Waals surface area contributed by atoms with Crippen LogP contribution in [0.2, 0.25) is 0 Å². The molecule has 0 bridgehead atoms. The summed E-state index contributed by atoms with van der Waals surface area (Å²) in [7, 11) is 2.94. The molecule has 2 amide bonds. The van der Waals surface area contributed by atoms with Crippen LogP contribution in [0.25, 0.3) is 0 Å². The van der Waals surface area contributed by atoms with Gasteiger partial charge < -0.3 is 23.8 Å². The van der Waals surface area contributed by atoms with Crippen molar-refractivity contribution in [3.05, 3.63) is 95.8 Å². The largest absolute Gasteiger partial charge is 0.469 e. The molecule has 1 aromatic heterocycles. The lowest BCUT2D eigenvalue weighted by Crippen LogP contribution is -2.43. The Hall–Kier alpha value is -3.91. The predicted molar refractivity (Wildman–Crippen MR) is 150 cm³/mol. The van der Waals surface area contributed by atoms with E-state index in [1.54, 1.807) is 16.9 Å². The summed E-state index contributed by atoms with van der Waals surface area (Å²) in [5.41, 5.74) is 3.21. The first-order chi connectivity index (χ1) is 19.0. The van der Waals surface area contributed by atoms with Gasteiger partial charge in [-0.2, -0.15) is 0 Å². The van der Waals surface area contributed by atoms with E-state index in [0.29, 0.717) is 45.6 Å². The maximum atomic E-state index is 13.7. The lowest BCUT2D eigenvalue weighted by Gasteiger charge is -2.28. The number of hydrogen-bond donors (Lipinski definition) is 0. The van der Waals surface area contributed by atoms with E-state index < -0.39 is 0 Å². The fraction of sp³-hybridized carbons (Fsp3) is 0.387. The van der Waals surface area contributed by atoms with Crippen molar-refractivity contribution in [2.45, 2.75) is 45.3 Å². The minimum atomic E-state index is -0.350. The Bertz CT molecular complexity index is 1160. The normalized spacial score (nSPS) is 10.7. The maximum absolute atomic E-state index is 13.7. The zero-order valence-corrected chi connectivity index (χ0v) is 23.0. The molecule has 0 radical (unpaired) electrons. The minimum Gasteiger partial charge on any atom is -0.469 e. The van der Waals surface area contributed by atoms with E-state index >= 15 is 0 Å². The van der Waals surface area contributed by atoms with Crippen molar-refractivity contribution in [1.82, 2.24) is 14.4 Å². The number of ether oxygens (including phenoxy) is 2. The Kier molecular flexibility index (Phi) is 12.3. The van der Waals surface area contributed by atoms with Crippen LogP contribution in [0.1, 0.15) is 42.5 Å². The van der Waals surface area contributed by atoms with Gasteiger partial charge in [0.25, 0.3) is 0 Å². The van der Waals surface area contributed by atoms with Crippen LogP contribution < -0.4 is 0 Å². The maximum Gasteiger partial charge on any atom is 0.305 e. The van der Waals surface area contributed by atoms with Gasteiger partial charge in [-0.3, -0.25) is 14.4 Å². The molecule has 8 nitrogen and oxygen atoms in total. The van der Waals surface area contributed by atoms with E-state index in [2.05, 4.69) is 21.4 Å². The molecule has 0 unspecified atom stereocenters. The molecule has 0 saturated carbocycles. The second-order valence-electron chi connectivity index (χ2n) is 9.44. The Labute approximate surface area is 231 Å². The third-order valence-corrected chi connectivity index (χ3v) is 6.50. The number of nitrogens with zero attached hydrogens (tertiary/aromatic N) is 3. The predicted octanol–water partition coefficient (Wildman–Crippen LogP) is 4.27. The van der Waals surface area contributed by atoms with Crippen LogP contribution in [0.15, 0.2) is 79.0 Å². The van der Waals surface area contributed by atoms with Gasteiger partial charge in [-0.05, 0) is 36.1 Å². The van der Waals surface area contributed by atoms with Crippen molar-refractivity contribution in [2.75, 3.05) is 33.9 Å². The summed E-state index contributed by atoms with van der Waals surface area (Å²) in [6.07, 6.45) is 3.36. The minimum absolute atomic E-state index is 0.0347. The second-order valence-corrected chi connectivity index (χ2v) is 9.44. The number of carbonyl (C=O) groups excluding carboxylic acids is 3. The van der Waals surface area contributed by atoms with Crippen molar-refractivity contribution in [1.29, 1.82) is 0 Å². The highest BCUT2D eigenvalue weighted by molar-refractivity contribution is 5.85. The first-order valence-electron chi connectivity index (χ1n) is 13.3. The number of esters is 1. The van der Waals surface area contributed by atoms with Crippen LogP contribution in [0.5, 0.6) is 0 Å². The standard InChI is InChI=1S/C31H39N3O5/c1-38-21-11-20-33(29(35)17-9-18-31(37)39-2)25-30(36)34(23-27-14-7-4-8-15-27)24-28-16-10-19-32(28)22-26-12-5-3-6-13-26/h3-8,10,12-16,19H,9,11,17-18,20-25H2,1-2H3. The highest BCUT2D eigenvalue weighted by Crippen LogP contribution is 2.15. The molecule has 1 heterocycles. The summed E-state index contributed by atoms with van der Waals surface area (Å²) >= 11 is 0. The van der Waals surface area contributed by atoms with Gasteiger partial charge in [-0.15, -0.1) is 0 Å². The molecule has 208 valence electrons. The molecule has 3 aromatic rings. The van der Waals surface area contributed by atoms with Gasteiger partial charge in [0.2, 0.25) is 11.8 Å². The summed E-state index contributed by atoms with van der Waals surface area (Å²) in [6, 6.07) is 24.1. The van der Waals surface area contributed by atoms with E-state index in [1.807, 2.05) is 66.9 Å². The average molecular weight is 534 g/mol.